The Morgan fingerprint density at radius 1 is 1.07 bits per heavy atom. The summed E-state index contributed by atoms with van der Waals surface area (Å²) < 4.78 is 20.3. The summed E-state index contributed by atoms with van der Waals surface area (Å²) in [5, 5.41) is 2.84. The molecule has 0 atom stereocenters. The fraction of sp³-hybridized carbons (Fsp3) is 0.455. The van der Waals surface area contributed by atoms with Crippen LogP contribution in [0.15, 0.2) is 47.3 Å². The first-order valence-corrected chi connectivity index (χ1v) is 14.5. The number of nitrogens with one attached hydrogen (secondary N) is 2. The van der Waals surface area contributed by atoms with Crippen LogP contribution in [0.1, 0.15) is 71.0 Å². The summed E-state index contributed by atoms with van der Waals surface area (Å²) in [6.07, 6.45) is 4.09. The molecule has 1 aliphatic carbocycles. The number of methoxy groups -OCH3 is 1. The van der Waals surface area contributed by atoms with Gasteiger partial charge < -0.3 is 19.9 Å². The standard InChI is InChI=1S/C33H43FN4O3/c1-7-38(27-13-11-26(12-14-27)37(5)20-24-9-8-10-28(16-24)41-6)31-18-25(34)17-29(22(31)3)33(40)35-19-30-23(4)36-21(2)15-32(30)39/h8-10,15-18,26-27H,7,11-14,19-20H2,1-6H3,(H,35,40)(H,36,39). The number of hydrogen-bond acceptors (Lipinski definition) is 5. The van der Waals surface area contributed by atoms with E-state index in [1.165, 1.54) is 17.7 Å². The zero-order valence-corrected chi connectivity index (χ0v) is 25.1. The summed E-state index contributed by atoms with van der Waals surface area (Å²) in [4.78, 5) is 33.4. The van der Waals surface area contributed by atoms with Gasteiger partial charge in [-0.3, -0.25) is 14.5 Å². The third-order valence-corrected chi connectivity index (χ3v) is 8.44. The highest BCUT2D eigenvalue weighted by atomic mass is 19.1. The van der Waals surface area contributed by atoms with Crippen LogP contribution in [0, 0.1) is 26.6 Å². The van der Waals surface area contributed by atoms with Crippen molar-refractivity contribution >= 4 is 11.6 Å². The van der Waals surface area contributed by atoms with E-state index in [2.05, 4.69) is 46.2 Å². The smallest absolute Gasteiger partial charge is 0.252 e. The van der Waals surface area contributed by atoms with Gasteiger partial charge in [-0.2, -0.15) is 0 Å². The molecule has 0 spiro atoms. The molecule has 1 amide bonds. The number of H-pyrrole nitrogens is 1. The van der Waals surface area contributed by atoms with E-state index in [-0.39, 0.29) is 23.9 Å². The van der Waals surface area contributed by atoms with Crippen molar-refractivity contribution in [3.05, 3.63) is 92.1 Å². The van der Waals surface area contributed by atoms with Gasteiger partial charge in [-0.15, -0.1) is 0 Å². The molecule has 3 aromatic rings. The number of halogens is 1. The van der Waals surface area contributed by atoms with Crippen molar-refractivity contribution in [2.75, 3.05) is 25.6 Å². The monoisotopic (exact) mass is 562 g/mol. The Hall–Kier alpha value is -3.65. The van der Waals surface area contributed by atoms with Crippen molar-refractivity contribution in [1.82, 2.24) is 15.2 Å². The van der Waals surface area contributed by atoms with Crippen molar-refractivity contribution in [3.63, 3.8) is 0 Å². The van der Waals surface area contributed by atoms with Gasteiger partial charge in [-0.05, 0) is 95.8 Å². The fourth-order valence-corrected chi connectivity index (χ4v) is 6.18. The van der Waals surface area contributed by atoms with Gasteiger partial charge in [0.2, 0.25) is 0 Å². The number of carbonyl (C=O) groups is 1. The molecule has 1 heterocycles. The molecule has 1 aliphatic rings. The molecule has 1 aromatic heterocycles. The van der Waals surface area contributed by atoms with Gasteiger partial charge in [0.1, 0.15) is 11.6 Å². The van der Waals surface area contributed by atoms with Crippen molar-refractivity contribution in [1.29, 1.82) is 0 Å². The third kappa shape index (κ3) is 7.17. The molecule has 8 heteroatoms. The van der Waals surface area contributed by atoms with Crippen LogP contribution in [0.5, 0.6) is 5.75 Å². The molecule has 0 saturated heterocycles. The number of nitrogens with zero attached hydrogens (tertiary/aromatic N) is 2. The van der Waals surface area contributed by atoms with E-state index in [1.54, 1.807) is 13.2 Å². The maximum atomic E-state index is 14.9. The van der Waals surface area contributed by atoms with Gasteiger partial charge >= 0.3 is 0 Å². The molecule has 0 bridgehead atoms. The Morgan fingerprint density at radius 3 is 2.44 bits per heavy atom. The van der Waals surface area contributed by atoms with Gasteiger partial charge in [0.25, 0.3) is 5.91 Å². The normalized spacial score (nSPS) is 17.0. The summed E-state index contributed by atoms with van der Waals surface area (Å²) in [6.45, 7) is 9.25. The maximum absolute atomic E-state index is 14.9. The summed E-state index contributed by atoms with van der Waals surface area (Å²) in [5.74, 6) is 0.0439. The van der Waals surface area contributed by atoms with E-state index >= 15 is 0 Å². The minimum Gasteiger partial charge on any atom is -0.497 e. The number of hydrogen-bond donors (Lipinski definition) is 2. The summed E-state index contributed by atoms with van der Waals surface area (Å²) >= 11 is 0. The topological polar surface area (TPSA) is 77.7 Å². The highest BCUT2D eigenvalue weighted by molar-refractivity contribution is 5.97. The Balaban J connectivity index is 1.44. The highest BCUT2D eigenvalue weighted by Crippen LogP contribution is 2.33. The zero-order valence-electron chi connectivity index (χ0n) is 25.1. The van der Waals surface area contributed by atoms with E-state index in [9.17, 15) is 14.0 Å². The Labute approximate surface area is 242 Å². The van der Waals surface area contributed by atoms with Crippen LogP contribution in [0.25, 0.3) is 0 Å². The lowest BCUT2D eigenvalue weighted by Crippen LogP contribution is -2.43. The molecule has 0 aliphatic heterocycles. The number of benzene rings is 2. The lowest BCUT2D eigenvalue weighted by Gasteiger charge is -2.41. The van der Waals surface area contributed by atoms with Gasteiger partial charge in [-0.25, -0.2) is 4.39 Å². The van der Waals surface area contributed by atoms with Gasteiger partial charge in [-0.1, -0.05) is 12.1 Å². The molecule has 2 aromatic carbocycles. The van der Waals surface area contributed by atoms with E-state index in [0.717, 1.165) is 61.5 Å². The number of carbonyl (C=O) groups excluding carboxylic acids is 1. The fourth-order valence-electron chi connectivity index (χ4n) is 6.18. The first kappa shape index (κ1) is 30.3. The van der Waals surface area contributed by atoms with Crippen molar-refractivity contribution in [2.45, 2.75) is 78.6 Å². The molecule has 41 heavy (non-hydrogen) atoms. The van der Waals surface area contributed by atoms with Crippen molar-refractivity contribution in [3.8, 4) is 5.75 Å². The van der Waals surface area contributed by atoms with Crippen LogP contribution < -0.4 is 20.4 Å². The number of anilines is 1. The molecule has 0 radical (unpaired) electrons. The molecular weight excluding hydrogens is 519 g/mol. The van der Waals surface area contributed by atoms with Crippen molar-refractivity contribution < 1.29 is 13.9 Å². The molecule has 0 unspecified atom stereocenters. The number of amides is 1. The second kappa shape index (κ2) is 13.3. The molecule has 4 rings (SSSR count). The number of ether oxygens (including phenoxy) is 1. The van der Waals surface area contributed by atoms with Gasteiger partial charge in [0.15, 0.2) is 5.43 Å². The third-order valence-electron chi connectivity index (χ3n) is 8.44. The lowest BCUT2D eigenvalue weighted by atomic mass is 9.88. The number of aryl methyl sites for hydroxylation is 2. The predicted octanol–water partition coefficient (Wildman–Crippen LogP) is 5.65. The highest BCUT2D eigenvalue weighted by Gasteiger charge is 2.29. The minimum atomic E-state index is -0.440. The van der Waals surface area contributed by atoms with Crippen LogP contribution in [0.3, 0.4) is 0 Å². The first-order chi connectivity index (χ1) is 19.6. The van der Waals surface area contributed by atoms with E-state index in [4.69, 9.17) is 4.74 Å². The Morgan fingerprint density at radius 2 is 1.78 bits per heavy atom. The largest absolute Gasteiger partial charge is 0.497 e. The maximum Gasteiger partial charge on any atom is 0.252 e. The van der Waals surface area contributed by atoms with Gasteiger partial charge in [0, 0.05) is 66.0 Å². The molecule has 1 fully saturated rings. The molecule has 7 nitrogen and oxygen atoms in total. The predicted molar refractivity (Wildman–Crippen MR) is 162 cm³/mol. The Bertz CT molecular complexity index is 1430. The number of rotatable bonds is 10. The van der Waals surface area contributed by atoms with Crippen LogP contribution in [0.4, 0.5) is 10.1 Å². The summed E-state index contributed by atoms with van der Waals surface area (Å²) in [6, 6.07) is 13.3. The second-order valence-electron chi connectivity index (χ2n) is 11.2. The van der Waals surface area contributed by atoms with E-state index in [0.29, 0.717) is 22.9 Å². The SMILES string of the molecule is CCN(c1cc(F)cc(C(=O)NCc2c(C)[nH]c(C)cc2=O)c1C)C1CCC(N(C)Cc2cccc(OC)c2)CC1. The first-order valence-electron chi connectivity index (χ1n) is 14.5. The number of aromatic amines is 1. The quantitative estimate of drug-likeness (QED) is 0.334. The Kier molecular flexibility index (Phi) is 9.86. The average Bonchev–Trinajstić information content (AvgIpc) is 2.94. The van der Waals surface area contributed by atoms with E-state index in [1.807, 2.05) is 32.9 Å². The van der Waals surface area contributed by atoms with Crippen LogP contribution in [0.2, 0.25) is 0 Å². The van der Waals surface area contributed by atoms with Crippen LogP contribution in [-0.2, 0) is 13.1 Å². The lowest BCUT2D eigenvalue weighted by molar-refractivity contribution is 0.0949. The van der Waals surface area contributed by atoms with E-state index < -0.39 is 5.82 Å². The molecule has 2 N–H and O–H groups in total. The number of pyridine rings is 1. The molecule has 220 valence electrons. The molecule has 1 saturated carbocycles. The second-order valence-corrected chi connectivity index (χ2v) is 11.2. The number of aromatic nitrogens is 1. The molecular formula is C33H43FN4O3. The minimum absolute atomic E-state index is 0.0797. The van der Waals surface area contributed by atoms with Gasteiger partial charge in [0.05, 0.1) is 7.11 Å². The zero-order chi connectivity index (χ0) is 29.7. The van der Waals surface area contributed by atoms with Crippen molar-refractivity contribution in [2.24, 2.45) is 0 Å². The van der Waals surface area contributed by atoms with Crippen LogP contribution >= 0.6 is 0 Å². The summed E-state index contributed by atoms with van der Waals surface area (Å²) in [5.41, 5.74) is 4.89. The summed E-state index contributed by atoms with van der Waals surface area (Å²) in [7, 11) is 3.86. The average molecular weight is 563 g/mol. The van der Waals surface area contributed by atoms with Crippen LogP contribution in [-0.4, -0.2) is 48.6 Å².